The molecule has 0 unspecified atom stereocenters. The summed E-state index contributed by atoms with van der Waals surface area (Å²) in [6, 6.07) is 8.16. The van der Waals surface area contributed by atoms with Crippen molar-refractivity contribution in [3.63, 3.8) is 0 Å². The second-order valence-corrected chi connectivity index (χ2v) is 4.91. The Hall–Kier alpha value is -1.29. The molecule has 2 aromatic rings. The Balaban J connectivity index is 2.36. The zero-order valence-corrected chi connectivity index (χ0v) is 11.0. The van der Waals surface area contributed by atoms with Gasteiger partial charge < -0.3 is 5.32 Å². The maximum atomic E-state index is 4.53. The van der Waals surface area contributed by atoms with Gasteiger partial charge in [-0.05, 0) is 18.2 Å². The fourth-order valence-electron chi connectivity index (χ4n) is 1.58. The second kappa shape index (κ2) is 5.87. The molecule has 1 heterocycles. The third-order valence-corrected chi connectivity index (χ3v) is 3.61. The second-order valence-electron chi connectivity index (χ2n) is 3.82. The van der Waals surface area contributed by atoms with Crippen LogP contribution in [0.1, 0.15) is 19.8 Å². The number of fused-ring (bicyclic) bond motifs is 1. The SMILES string of the molecule is CCCCSc1nc(NC)nc2ccccc12. The fraction of sp³-hybridized carbons (Fsp3) is 0.385. The van der Waals surface area contributed by atoms with Crippen molar-refractivity contribution in [2.24, 2.45) is 0 Å². The summed E-state index contributed by atoms with van der Waals surface area (Å²) >= 11 is 1.81. The van der Waals surface area contributed by atoms with Crippen molar-refractivity contribution in [3.05, 3.63) is 24.3 Å². The van der Waals surface area contributed by atoms with Gasteiger partial charge in [0.05, 0.1) is 5.52 Å². The summed E-state index contributed by atoms with van der Waals surface area (Å²) in [4.78, 5) is 8.98. The standard InChI is InChI=1S/C13H17N3S/c1-3-4-9-17-12-10-7-5-6-8-11(10)15-13(14-2)16-12/h5-8H,3-4,9H2,1-2H3,(H,14,15,16). The van der Waals surface area contributed by atoms with E-state index in [-0.39, 0.29) is 0 Å². The average Bonchev–Trinajstić information content (AvgIpc) is 2.38. The first-order chi connectivity index (χ1) is 8.35. The summed E-state index contributed by atoms with van der Waals surface area (Å²) in [6.07, 6.45) is 2.44. The van der Waals surface area contributed by atoms with Crippen LogP contribution in [0.15, 0.2) is 29.3 Å². The molecule has 3 nitrogen and oxygen atoms in total. The van der Waals surface area contributed by atoms with Gasteiger partial charge in [0.15, 0.2) is 0 Å². The molecule has 4 heteroatoms. The summed E-state index contributed by atoms with van der Waals surface area (Å²) in [5.74, 6) is 1.81. The van der Waals surface area contributed by atoms with Crippen molar-refractivity contribution < 1.29 is 0 Å². The first-order valence-corrected chi connectivity index (χ1v) is 6.91. The molecule has 0 saturated carbocycles. The Labute approximate surface area is 106 Å². The van der Waals surface area contributed by atoms with E-state index in [1.54, 1.807) is 0 Å². The Bertz CT molecular complexity index is 499. The highest BCUT2D eigenvalue weighted by atomic mass is 32.2. The monoisotopic (exact) mass is 247 g/mol. The number of para-hydroxylation sites is 1. The first-order valence-electron chi connectivity index (χ1n) is 5.92. The zero-order valence-electron chi connectivity index (χ0n) is 10.2. The molecule has 0 aliphatic rings. The number of hydrogen-bond acceptors (Lipinski definition) is 4. The molecule has 0 amide bonds. The lowest BCUT2D eigenvalue weighted by molar-refractivity contribution is 0.895. The molecule has 1 N–H and O–H groups in total. The van der Waals surface area contributed by atoms with E-state index in [0.717, 1.165) is 21.7 Å². The molecule has 0 radical (unpaired) electrons. The number of hydrogen-bond donors (Lipinski definition) is 1. The normalized spacial score (nSPS) is 10.7. The molecule has 1 aromatic heterocycles. The topological polar surface area (TPSA) is 37.8 Å². The minimum absolute atomic E-state index is 0.697. The third-order valence-electron chi connectivity index (χ3n) is 2.53. The molecule has 0 fully saturated rings. The molecule has 0 aliphatic heterocycles. The van der Waals surface area contributed by atoms with Gasteiger partial charge in [-0.2, -0.15) is 0 Å². The lowest BCUT2D eigenvalue weighted by atomic mass is 10.2. The molecule has 0 saturated heterocycles. The lowest BCUT2D eigenvalue weighted by Crippen LogP contribution is -1.98. The number of aromatic nitrogens is 2. The molecule has 0 bridgehead atoms. The average molecular weight is 247 g/mol. The predicted octanol–water partition coefficient (Wildman–Crippen LogP) is 3.56. The van der Waals surface area contributed by atoms with Gasteiger partial charge >= 0.3 is 0 Å². The van der Waals surface area contributed by atoms with Crippen LogP contribution >= 0.6 is 11.8 Å². The summed E-state index contributed by atoms with van der Waals surface area (Å²) in [5, 5.41) is 5.24. The molecule has 1 aromatic carbocycles. The van der Waals surface area contributed by atoms with Crippen molar-refractivity contribution in [3.8, 4) is 0 Å². The van der Waals surface area contributed by atoms with Gasteiger partial charge in [0.2, 0.25) is 5.95 Å². The Kier molecular flexibility index (Phi) is 4.20. The number of anilines is 1. The van der Waals surface area contributed by atoms with E-state index in [0.29, 0.717) is 5.95 Å². The molecule has 90 valence electrons. The van der Waals surface area contributed by atoms with Crippen LogP contribution < -0.4 is 5.32 Å². The predicted molar refractivity (Wildman–Crippen MR) is 74.7 cm³/mol. The minimum Gasteiger partial charge on any atom is -0.357 e. The van der Waals surface area contributed by atoms with Crippen LogP contribution in [0.3, 0.4) is 0 Å². The lowest BCUT2D eigenvalue weighted by Gasteiger charge is -2.07. The maximum absolute atomic E-state index is 4.53. The first kappa shape index (κ1) is 12.2. The number of rotatable bonds is 5. The van der Waals surface area contributed by atoms with E-state index in [1.807, 2.05) is 37.0 Å². The van der Waals surface area contributed by atoms with Gasteiger partial charge in [-0.3, -0.25) is 0 Å². The van der Waals surface area contributed by atoms with Crippen molar-refractivity contribution in [2.75, 3.05) is 18.1 Å². The summed E-state index contributed by atoms with van der Waals surface area (Å²) in [6.45, 7) is 2.21. The minimum atomic E-state index is 0.697. The van der Waals surface area contributed by atoms with E-state index >= 15 is 0 Å². The van der Waals surface area contributed by atoms with Crippen LogP contribution in [0.25, 0.3) is 10.9 Å². The molecular formula is C13H17N3S. The van der Waals surface area contributed by atoms with Gasteiger partial charge in [0.1, 0.15) is 5.03 Å². The van der Waals surface area contributed by atoms with Gasteiger partial charge in [0, 0.05) is 12.4 Å². The quantitative estimate of drug-likeness (QED) is 0.498. The maximum Gasteiger partial charge on any atom is 0.224 e. The molecular weight excluding hydrogens is 230 g/mol. The van der Waals surface area contributed by atoms with E-state index < -0.39 is 0 Å². The van der Waals surface area contributed by atoms with Gasteiger partial charge in [0.25, 0.3) is 0 Å². The molecule has 2 rings (SSSR count). The molecule has 0 atom stereocenters. The van der Waals surface area contributed by atoms with Gasteiger partial charge in [-0.25, -0.2) is 9.97 Å². The Morgan fingerprint density at radius 3 is 2.82 bits per heavy atom. The number of nitrogens with zero attached hydrogens (tertiary/aromatic N) is 2. The van der Waals surface area contributed by atoms with Crippen LogP contribution in [-0.4, -0.2) is 22.8 Å². The summed E-state index contributed by atoms with van der Waals surface area (Å²) in [7, 11) is 1.85. The smallest absolute Gasteiger partial charge is 0.224 e. The number of nitrogens with one attached hydrogen (secondary N) is 1. The van der Waals surface area contributed by atoms with E-state index in [9.17, 15) is 0 Å². The third kappa shape index (κ3) is 2.88. The van der Waals surface area contributed by atoms with Crippen molar-refractivity contribution in [1.82, 2.24) is 9.97 Å². The van der Waals surface area contributed by atoms with E-state index in [4.69, 9.17) is 0 Å². The molecule has 17 heavy (non-hydrogen) atoms. The van der Waals surface area contributed by atoms with Crippen molar-refractivity contribution >= 4 is 28.6 Å². The van der Waals surface area contributed by atoms with Gasteiger partial charge in [-0.1, -0.05) is 31.5 Å². The Morgan fingerprint density at radius 2 is 2.06 bits per heavy atom. The van der Waals surface area contributed by atoms with E-state index in [2.05, 4.69) is 28.3 Å². The van der Waals surface area contributed by atoms with Crippen LogP contribution in [0.2, 0.25) is 0 Å². The fourth-order valence-corrected chi connectivity index (χ4v) is 2.69. The van der Waals surface area contributed by atoms with Crippen molar-refractivity contribution in [1.29, 1.82) is 0 Å². The van der Waals surface area contributed by atoms with Crippen LogP contribution in [0, 0.1) is 0 Å². The highest BCUT2D eigenvalue weighted by Crippen LogP contribution is 2.26. The highest BCUT2D eigenvalue weighted by molar-refractivity contribution is 7.99. The highest BCUT2D eigenvalue weighted by Gasteiger charge is 2.06. The summed E-state index contributed by atoms with van der Waals surface area (Å²) in [5.41, 5.74) is 1.01. The van der Waals surface area contributed by atoms with E-state index in [1.165, 1.54) is 12.8 Å². The number of benzene rings is 1. The van der Waals surface area contributed by atoms with Crippen molar-refractivity contribution in [2.45, 2.75) is 24.8 Å². The summed E-state index contributed by atoms with van der Waals surface area (Å²) < 4.78 is 0. The Morgan fingerprint density at radius 1 is 1.24 bits per heavy atom. The number of thioether (sulfide) groups is 1. The van der Waals surface area contributed by atoms with Crippen LogP contribution in [0.5, 0.6) is 0 Å². The largest absolute Gasteiger partial charge is 0.357 e. The van der Waals surface area contributed by atoms with Crippen LogP contribution in [0.4, 0.5) is 5.95 Å². The number of unbranched alkanes of at least 4 members (excludes halogenated alkanes) is 1. The zero-order chi connectivity index (χ0) is 12.1. The van der Waals surface area contributed by atoms with Crippen LogP contribution in [-0.2, 0) is 0 Å². The van der Waals surface area contributed by atoms with Gasteiger partial charge in [-0.15, -0.1) is 11.8 Å². The molecule has 0 spiro atoms. The molecule has 0 aliphatic carbocycles.